The number of rotatable bonds is 2. The number of hydrogen-bond donors (Lipinski definition) is 1. The summed E-state index contributed by atoms with van der Waals surface area (Å²) in [4.78, 5) is 36.6. The molecule has 0 unspecified atom stereocenters. The third-order valence-electron chi connectivity index (χ3n) is 1.87. The highest BCUT2D eigenvalue weighted by Gasteiger charge is 2.18. The molecule has 1 rings (SSSR count). The SMILES string of the molecule is CC(C)(C)OC(=O)NOC(=O)Oc1ccc([N+](=O)[O-])cc1. The average Bonchev–Trinajstić information content (AvgIpc) is 2.35. The van der Waals surface area contributed by atoms with E-state index in [0.717, 1.165) is 12.1 Å². The molecule has 1 aromatic rings. The number of carbonyl (C=O) groups is 2. The number of nitrogens with zero attached hydrogens (tertiary/aromatic N) is 1. The number of benzene rings is 1. The highest BCUT2D eigenvalue weighted by molar-refractivity contribution is 5.70. The number of ether oxygens (including phenoxy) is 2. The first-order valence-electron chi connectivity index (χ1n) is 5.79. The molecule has 0 saturated heterocycles. The van der Waals surface area contributed by atoms with Crippen molar-refractivity contribution in [3.05, 3.63) is 34.4 Å². The predicted octanol–water partition coefficient (Wildman–Crippen LogP) is 2.55. The van der Waals surface area contributed by atoms with Crippen LogP contribution in [-0.2, 0) is 9.57 Å². The van der Waals surface area contributed by atoms with Crippen molar-refractivity contribution in [2.24, 2.45) is 0 Å². The molecule has 0 saturated carbocycles. The van der Waals surface area contributed by atoms with Crippen LogP contribution >= 0.6 is 0 Å². The molecule has 0 heterocycles. The topological polar surface area (TPSA) is 117 Å². The lowest BCUT2D eigenvalue weighted by Gasteiger charge is -2.18. The van der Waals surface area contributed by atoms with Crippen molar-refractivity contribution in [1.29, 1.82) is 0 Å². The third-order valence-corrected chi connectivity index (χ3v) is 1.87. The highest BCUT2D eigenvalue weighted by Crippen LogP contribution is 2.17. The van der Waals surface area contributed by atoms with Gasteiger partial charge in [-0.3, -0.25) is 10.1 Å². The molecule has 21 heavy (non-hydrogen) atoms. The van der Waals surface area contributed by atoms with E-state index in [-0.39, 0.29) is 11.4 Å². The van der Waals surface area contributed by atoms with Crippen LogP contribution in [0.15, 0.2) is 24.3 Å². The van der Waals surface area contributed by atoms with Crippen LogP contribution in [0.2, 0.25) is 0 Å². The smallest absolute Gasteiger partial charge is 0.442 e. The molecule has 0 fully saturated rings. The number of hydrogen-bond acceptors (Lipinski definition) is 7. The molecule has 114 valence electrons. The molecule has 0 aliphatic rings. The summed E-state index contributed by atoms with van der Waals surface area (Å²) in [6.45, 7) is 4.92. The standard InChI is InChI=1S/C12H14N2O7/c1-12(2,3)20-10(15)13-21-11(16)19-9-6-4-8(5-7-9)14(17)18/h4-7H,1-3H3,(H,13,15). The summed E-state index contributed by atoms with van der Waals surface area (Å²) < 4.78 is 9.50. The first kappa shape index (κ1) is 16.2. The van der Waals surface area contributed by atoms with E-state index in [1.807, 2.05) is 0 Å². The Labute approximate surface area is 119 Å². The molecular weight excluding hydrogens is 284 g/mol. The van der Waals surface area contributed by atoms with Crippen LogP contribution in [-0.4, -0.2) is 22.8 Å². The minimum Gasteiger partial charge on any atom is -0.442 e. The summed E-state index contributed by atoms with van der Waals surface area (Å²) in [5.41, 5.74) is 0.854. The molecule has 0 aliphatic heterocycles. The third kappa shape index (κ3) is 6.23. The first-order valence-corrected chi connectivity index (χ1v) is 5.79. The highest BCUT2D eigenvalue weighted by atomic mass is 16.8. The Kier molecular flexibility index (Phi) is 5.06. The van der Waals surface area contributed by atoms with Gasteiger partial charge in [0.15, 0.2) is 0 Å². The Morgan fingerprint density at radius 3 is 2.24 bits per heavy atom. The summed E-state index contributed by atoms with van der Waals surface area (Å²) in [6.07, 6.45) is -2.17. The second-order valence-electron chi connectivity index (χ2n) is 4.81. The molecule has 0 spiro atoms. The van der Waals surface area contributed by atoms with E-state index in [1.54, 1.807) is 26.3 Å². The summed E-state index contributed by atoms with van der Waals surface area (Å²) in [5, 5.41) is 10.4. The van der Waals surface area contributed by atoms with Crippen molar-refractivity contribution in [3.63, 3.8) is 0 Å². The van der Waals surface area contributed by atoms with Crippen LogP contribution < -0.4 is 10.2 Å². The lowest BCUT2D eigenvalue weighted by atomic mass is 10.2. The molecule has 0 aliphatic carbocycles. The second kappa shape index (κ2) is 6.55. The van der Waals surface area contributed by atoms with Gasteiger partial charge >= 0.3 is 12.2 Å². The molecule has 0 bridgehead atoms. The summed E-state index contributed by atoms with van der Waals surface area (Å²) in [5.74, 6) is 0.0246. The largest absolute Gasteiger partial charge is 0.539 e. The summed E-state index contributed by atoms with van der Waals surface area (Å²) >= 11 is 0. The van der Waals surface area contributed by atoms with Crippen LogP contribution in [0, 0.1) is 10.1 Å². The first-order chi connectivity index (χ1) is 9.67. The maximum atomic E-state index is 11.3. The number of amides is 1. The fraction of sp³-hybridized carbons (Fsp3) is 0.333. The fourth-order valence-electron chi connectivity index (χ4n) is 1.14. The van der Waals surface area contributed by atoms with Gasteiger partial charge < -0.3 is 14.3 Å². The molecule has 1 aromatic carbocycles. The van der Waals surface area contributed by atoms with Gasteiger partial charge in [-0.05, 0) is 32.9 Å². The molecule has 1 amide bonds. The Morgan fingerprint density at radius 2 is 1.76 bits per heavy atom. The lowest BCUT2D eigenvalue weighted by Crippen LogP contribution is -2.34. The van der Waals surface area contributed by atoms with Crippen LogP contribution in [0.1, 0.15) is 20.8 Å². The number of nitro groups is 1. The van der Waals surface area contributed by atoms with E-state index in [2.05, 4.69) is 9.57 Å². The molecule has 0 radical (unpaired) electrons. The zero-order chi connectivity index (χ0) is 16.0. The lowest BCUT2D eigenvalue weighted by molar-refractivity contribution is -0.384. The predicted molar refractivity (Wildman–Crippen MR) is 69.6 cm³/mol. The Hall–Kier alpha value is -2.84. The van der Waals surface area contributed by atoms with Crippen molar-refractivity contribution in [2.45, 2.75) is 26.4 Å². The monoisotopic (exact) mass is 298 g/mol. The van der Waals surface area contributed by atoms with Gasteiger partial charge in [0.1, 0.15) is 11.4 Å². The van der Waals surface area contributed by atoms with E-state index in [4.69, 9.17) is 4.74 Å². The van der Waals surface area contributed by atoms with Gasteiger partial charge in [0, 0.05) is 12.1 Å². The van der Waals surface area contributed by atoms with Crippen LogP contribution in [0.5, 0.6) is 5.75 Å². The molecule has 9 heteroatoms. The number of nitro benzene ring substituents is 1. The van der Waals surface area contributed by atoms with Crippen molar-refractivity contribution in [1.82, 2.24) is 5.48 Å². The Bertz CT molecular complexity index is 534. The minimum absolute atomic E-state index is 0.0246. The van der Waals surface area contributed by atoms with Gasteiger partial charge in [-0.15, -0.1) is 5.48 Å². The second-order valence-corrected chi connectivity index (χ2v) is 4.81. The summed E-state index contributed by atoms with van der Waals surface area (Å²) in [7, 11) is 0. The average molecular weight is 298 g/mol. The van der Waals surface area contributed by atoms with Crippen molar-refractivity contribution in [2.75, 3.05) is 0 Å². The van der Waals surface area contributed by atoms with Crippen molar-refractivity contribution in [3.8, 4) is 5.75 Å². The van der Waals surface area contributed by atoms with Crippen molar-refractivity contribution >= 4 is 17.9 Å². The zero-order valence-corrected chi connectivity index (χ0v) is 11.6. The van der Waals surface area contributed by atoms with Crippen LogP contribution in [0.3, 0.4) is 0 Å². The van der Waals surface area contributed by atoms with E-state index in [1.165, 1.54) is 12.1 Å². The van der Waals surface area contributed by atoms with E-state index >= 15 is 0 Å². The van der Waals surface area contributed by atoms with Gasteiger partial charge in [-0.2, -0.15) is 0 Å². The van der Waals surface area contributed by atoms with Gasteiger partial charge in [0.05, 0.1) is 4.92 Å². The van der Waals surface area contributed by atoms with Crippen LogP contribution in [0.4, 0.5) is 15.3 Å². The summed E-state index contributed by atoms with van der Waals surface area (Å²) in [6, 6.07) is 4.74. The van der Waals surface area contributed by atoms with E-state index in [9.17, 15) is 19.7 Å². The molecule has 1 N–H and O–H groups in total. The number of non-ortho nitro benzene ring substituents is 1. The van der Waals surface area contributed by atoms with E-state index < -0.39 is 22.8 Å². The maximum Gasteiger partial charge on any atom is 0.539 e. The zero-order valence-electron chi connectivity index (χ0n) is 11.6. The number of hydroxylamine groups is 1. The van der Waals surface area contributed by atoms with E-state index in [0.29, 0.717) is 0 Å². The Morgan fingerprint density at radius 1 is 1.19 bits per heavy atom. The number of carbonyl (C=O) groups excluding carboxylic acids is 2. The quantitative estimate of drug-likeness (QED) is 0.386. The maximum absolute atomic E-state index is 11.3. The van der Waals surface area contributed by atoms with Gasteiger partial charge in [0.2, 0.25) is 0 Å². The minimum atomic E-state index is -1.21. The Balaban J connectivity index is 2.43. The van der Waals surface area contributed by atoms with Gasteiger partial charge in [-0.1, -0.05) is 0 Å². The molecule has 0 aromatic heterocycles. The molecular formula is C12H14N2O7. The van der Waals surface area contributed by atoms with Gasteiger partial charge in [0.25, 0.3) is 5.69 Å². The van der Waals surface area contributed by atoms with Crippen molar-refractivity contribution < 1.29 is 28.8 Å². The van der Waals surface area contributed by atoms with Gasteiger partial charge in [-0.25, -0.2) is 9.59 Å². The number of nitrogens with one attached hydrogen (secondary N) is 1. The fourth-order valence-corrected chi connectivity index (χ4v) is 1.14. The molecule has 9 nitrogen and oxygen atoms in total. The van der Waals surface area contributed by atoms with Crippen LogP contribution in [0.25, 0.3) is 0 Å². The normalized spacial score (nSPS) is 10.4. The molecule has 0 atom stereocenters.